The van der Waals surface area contributed by atoms with Crippen LogP contribution in [0.3, 0.4) is 0 Å². The highest BCUT2D eigenvalue weighted by Crippen LogP contribution is 2.36. The van der Waals surface area contributed by atoms with Crippen LogP contribution in [0.1, 0.15) is 32.7 Å². The number of nitrogens with two attached hydrogens (primary N) is 1. The molecule has 11 nitrogen and oxygen atoms in total. The highest BCUT2D eigenvalue weighted by molar-refractivity contribution is 5.99. The lowest BCUT2D eigenvalue weighted by Gasteiger charge is -2.43. The van der Waals surface area contributed by atoms with Crippen molar-refractivity contribution in [1.29, 1.82) is 5.26 Å². The van der Waals surface area contributed by atoms with Crippen LogP contribution in [0.4, 0.5) is 23.4 Å². The summed E-state index contributed by atoms with van der Waals surface area (Å²) >= 11 is 0. The number of aromatic nitrogens is 4. The molecule has 2 aromatic heterocycles. The number of para-hydroxylation sites is 1. The molecule has 262 valence electrons. The zero-order valence-electron chi connectivity index (χ0n) is 27.7. The first kappa shape index (κ1) is 34.8. The number of carbonyl (C=O) groups excluding carboxylic acids is 1. The van der Waals surface area contributed by atoms with Crippen molar-refractivity contribution in [3.63, 3.8) is 0 Å². The summed E-state index contributed by atoms with van der Waals surface area (Å²) in [6.07, 6.45) is -0.123. The van der Waals surface area contributed by atoms with Crippen molar-refractivity contribution in [3.05, 3.63) is 72.3 Å². The van der Waals surface area contributed by atoms with E-state index < -0.39 is 30.0 Å². The number of rotatable bonds is 8. The molecule has 0 radical (unpaired) electrons. The Morgan fingerprint density at radius 2 is 1.80 bits per heavy atom. The first-order chi connectivity index (χ1) is 23.8. The Morgan fingerprint density at radius 3 is 2.48 bits per heavy atom. The van der Waals surface area contributed by atoms with Crippen LogP contribution in [-0.2, 0) is 4.79 Å². The number of hydrogen-bond donors (Lipinski definition) is 1. The van der Waals surface area contributed by atoms with Crippen LogP contribution < -0.4 is 10.5 Å². The first-order valence-electron chi connectivity index (χ1n) is 16.3. The van der Waals surface area contributed by atoms with Crippen LogP contribution in [0.2, 0.25) is 0 Å². The van der Waals surface area contributed by atoms with Gasteiger partial charge in [0.05, 0.1) is 18.0 Å². The number of nitriles is 1. The molecule has 50 heavy (non-hydrogen) atoms. The molecule has 0 saturated carbocycles. The zero-order chi connectivity index (χ0) is 35.6. The van der Waals surface area contributed by atoms with E-state index in [9.17, 15) is 23.2 Å². The Morgan fingerprint density at radius 1 is 1.06 bits per heavy atom. The maximum absolute atomic E-state index is 15.6. The normalized spacial score (nSPS) is 18.3. The van der Waals surface area contributed by atoms with E-state index in [1.165, 1.54) is 17.3 Å². The highest BCUT2D eigenvalue weighted by Gasteiger charge is 2.36. The van der Waals surface area contributed by atoms with E-state index in [1.54, 1.807) is 39.9 Å². The lowest BCUT2D eigenvalue weighted by Crippen LogP contribution is -2.55. The number of likely N-dealkylation sites (tertiary alicyclic amines) is 1. The Bertz CT molecular complexity index is 1930. The van der Waals surface area contributed by atoms with Crippen molar-refractivity contribution in [3.8, 4) is 28.8 Å². The molecule has 2 aliphatic rings. The third-order valence-electron chi connectivity index (χ3n) is 9.16. The van der Waals surface area contributed by atoms with Crippen LogP contribution in [0.25, 0.3) is 22.3 Å². The molecule has 2 aromatic carbocycles. The molecule has 2 fully saturated rings. The van der Waals surface area contributed by atoms with E-state index >= 15 is 4.39 Å². The maximum atomic E-state index is 15.6. The van der Waals surface area contributed by atoms with E-state index in [1.807, 2.05) is 36.9 Å². The Kier molecular flexibility index (Phi) is 9.77. The number of fused-ring (bicyclic) bond motifs is 1. The van der Waals surface area contributed by atoms with Gasteiger partial charge in [0.2, 0.25) is 0 Å². The molecule has 1 amide bonds. The van der Waals surface area contributed by atoms with Crippen molar-refractivity contribution < 1.29 is 27.1 Å². The molecular weight excluding hydrogens is 654 g/mol. The van der Waals surface area contributed by atoms with Gasteiger partial charge in [-0.25, -0.2) is 19.0 Å². The van der Waals surface area contributed by atoms with E-state index in [0.29, 0.717) is 55.0 Å². The predicted octanol–water partition coefficient (Wildman–Crippen LogP) is 5.58. The van der Waals surface area contributed by atoms with E-state index in [0.717, 1.165) is 0 Å². The van der Waals surface area contributed by atoms with Gasteiger partial charge in [0.25, 0.3) is 5.91 Å². The fourth-order valence-corrected chi connectivity index (χ4v) is 6.65. The van der Waals surface area contributed by atoms with Crippen molar-refractivity contribution in [2.75, 3.05) is 51.5 Å². The molecule has 0 spiro atoms. The van der Waals surface area contributed by atoms with Gasteiger partial charge < -0.3 is 15.4 Å². The fraction of sp³-hybridized carbons (Fsp3) is 0.400. The number of amides is 1. The predicted molar refractivity (Wildman–Crippen MR) is 178 cm³/mol. The minimum Gasteiger partial charge on any atom is -0.457 e. The minimum absolute atomic E-state index is 0.0502. The monoisotopic (exact) mass is 691 g/mol. The van der Waals surface area contributed by atoms with Crippen LogP contribution in [-0.4, -0.2) is 97.9 Å². The Hall–Kier alpha value is -5.07. The number of piperidine rings is 1. The zero-order valence-corrected chi connectivity index (χ0v) is 27.7. The van der Waals surface area contributed by atoms with Crippen molar-refractivity contribution >= 4 is 22.8 Å². The summed E-state index contributed by atoms with van der Waals surface area (Å²) in [5, 5.41) is 15.2. The highest BCUT2D eigenvalue weighted by atomic mass is 19.4. The van der Waals surface area contributed by atoms with Gasteiger partial charge in [-0.05, 0) is 57.0 Å². The summed E-state index contributed by atoms with van der Waals surface area (Å²) in [7, 11) is 0. The summed E-state index contributed by atoms with van der Waals surface area (Å²) in [4.78, 5) is 27.3. The van der Waals surface area contributed by atoms with E-state index in [2.05, 4.69) is 16.0 Å². The van der Waals surface area contributed by atoms with Crippen molar-refractivity contribution in [2.24, 2.45) is 0 Å². The molecule has 0 aliphatic carbocycles. The molecule has 2 aliphatic heterocycles. The average Bonchev–Trinajstić information content (AvgIpc) is 3.48. The average molecular weight is 692 g/mol. The molecule has 0 unspecified atom stereocenters. The maximum Gasteiger partial charge on any atom is 0.401 e. The molecule has 6 rings (SSSR count). The van der Waals surface area contributed by atoms with Gasteiger partial charge in [-0.3, -0.25) is 14.6 Å². The number of halogens is 4. The van der Waals surface area contributed by atoms with Gasteiger partial charge in [-0.15, -0.1) is 0 Å². The number of piperazine rings is 1. The summed E-state index contributed by atoms with van der Waals surface area (Å²) < 4.78 is 61.7. The first-order valence-corrected chi connectivity index (χ1v) is 16.3. The van der Waals surface area contributed by atoms with Crippen LogP contribution in [0.5, 0.6) is 11.5 Å². The topological polar surface area (TPSA) is 129 Å². The van der Waals surface area contributed by atoms with E-state index in [4.69, 9.17) is 15.6 Å². The second-order valence-corrected chi connectivity index (χ2v) is 13.1. The number of carbonyl (C=O) groups is 1. The van der Waals surface area contributed by atoms with Crippen LogP contribution in [0, 0.1) is 17.1 Å². The van der Waals surface area contributed by atoms with Gasteiger partial charge in [0.15, 0.2) is 5.65 Å². The smallest absolute Gasteiger partial charge is 0.401 e. The number of ether oxygens (including phenoxy) is 1. The van der Waals surface area contributed by atoms with Gasteiger partial charge in [0, 0.05) is 56.4 Å². The van der Waals surface area contributed by atoms with Crippen molar-refractivity contribution in [1.82, 2.24) is 34.4 Å². The summed E-state index contributed by atoms with van der Waals surface area (Å²) in [5.41, 5.74) is 6.30. The fourth-order valence-electron chi connectivity index (χ4n) is 6.65. The molecule has 4 heterocycles. The largest absolute Gasteiger partial charge is 0.457 e. The standard InChI is InChI=1S/C35H37F4N9O2/c1-34(2,47-15-13-45(14-16-47)21-35(37,38)39)18-23(19-40)33(49)46-12-6-7-24(20-46)48-32-29(31(41)42-22-43-32)30(44-48)27-11-10-26(17-28(27)36)50-25-8-4-3-5-9-25/h3-5,8-11,17-18,22,24H,6-7,12-16,20-21H2,1-2H3,(H2,41,42,43)/b23-18-/t24-/m0/s1. The number of benzene rings is 2. The third-order valence-corrected chi connectivity index (χ3v) is 9.16. The quantitative estimate of drug-likeness (QED) is 0.143. The van der Waals surface area contributed by atoms with Crippen LogP contribution >= 0.6 is 0 Å². The second-order valence-electron chi connectivity index (χ2n) is 13.1. The second kappa shape index (κ2) is 14.0. The number of nitrogens with zero attached hydrogens (tertiary/aromatic N) is 8. The lowest BCUT2D eigenvalue weighted by molar-refractivity contribution is -0.150. The number of anilines is 1. The molecule has 0 bridgehead atoms. The molecule has 15 heteroatoms. The Balaban J connectivity index is 1.22. The minimum atomic E-state index is -4.27. The van der Waals surface area contributed by atoms with Crippen LogP contribution in [0.15, 0.2) is 66.5 Å². The number of hydrogen-bond acceptors (Lipinski definition) is 9. The van der Waals surface area contributed by atoms with Gasteiger partial charge in [-0.1, -0.05) is 18.2 Å². The van der Waals surface area contributed by atoms with Gasteiger partial charge in [-0.2, -0.15) is 23.5 Å². The summed E-state index contributed by atoms with van der Waals surface area (Å²) in [6, 6.07) is 15.2. The molecule has 2 saturated heterocycles. The molecule has 4 aromatic rings. The number of alkyl halides is 3. The lowest BCUT2D eigenvalue weighted by atomic mass is 9.96. The van der Waals surface area contributed by atoms with E-state index in [-0.39, 0.29) is 48.3 Å². The Labute approximate surface area is 286 Å². The van der Waals surface area contributed by atoms with Gasteiger partial charge >= 0.3 is 6.18 Å². The molecule has 1 atom stereocenters. The van der Waals surface area contributed by atoms with Gasteiger partial charge in [0.1, 0.15) is 46.8 Å². The SMILES string of the molecule is CC(C)(/C=C(/C#N)C(=O)N1CCC[C@H](n2nc(-c3ccc(Oc4ccccc4)cc3F)c3c(N)ncnc32)C1)N1CCN(CC(F)(F)F)CC1. The summed E-state index contributed by atoms with van der Waals surface area (Å²) in [5.74, 6) is -0.0435. The van der Waals surface area contributed by atoms with Crippen molar-refractivity contribution in [2.45, 2.75) is 44.4 Å². The third kappa shape index (κ3) is 7.56. The summed E-state index contributed by atoms with van der Waals surface area (Å²) in [6.45, 7) is 4.52. The molecule has 2 N–H and O–H groups in total. The number of nitrogen functional groups attached to an aromatic ring is 1. The molecular formula is C35H37F4N9O2.